The van der Waals surface area contributed by atoms with Gasteiger partial charge in [0.15, 0.2) is 0 Å². The van der Waals surface area contributed by atoms with Gasteiger partial charge in [0.25, 0.3) is 20.2 Å². The van der Waals surface area contributed by atoms with Crippen LogP contribution in [0.2, 0.25) is 0 Å². The summed E-state index contributed by atoms with van der Waals surface area (Å²) in [4.78, 5) is 0. The molecule has 0 fully saturated rings. The molecule has 1 unspecified atom stereocenters. The van der Waals surface area contributed by atoms with Crippen molar-refractivity contribution in [2.75, 3.05) is 5.08 Å². The SMILES string of the molecule is CC(C)C(OS(=O)(=O)CS(=O)(=O)O)C(C)(C)C. The first kappa shape index (κ1) is 16.8. The van der Waals surface area contributed by atoms with E-state index >= 15 is 0 Å². The van der Waals surface area contributed by atoms with E-state index in [2.05, 4.69) is 0 Å². The van der Waals surface area contributed by atoms with E-state index in [0.717, 1.165) is 0 Å². The Morgan fingerprint density at radius 3 is 1.76 bits per heavy atom. The molecule has 0 heterocycles. The van der Waals surface area contributed by atoms with Crippen LogP contribution in [0.5, 0.6) is 0 Å². The highest BCUT2D eigenvalue weighted by molar-refractivity contribution is 8.03. The zero-order chi connectivity index (χ0) is 14.1. The summed E-state index contributed by atoms with van der Waals surface area (Å²) in [6, 6.07) is 0. The summed E-state index contributed by atoms with van der Waals surface area (Å²) in [5, 5.41) is -1.42. The Hall–Kier alpha value is -0.180. The lowest BCUT2D eigenvalue weighted by Crippen LogP contribution is -2.37. The van der Waals surface area contributed by atoms with Crippen LogP contribution < -0.4 is 0 Å². The van der Waals surface area contributed by atoms with Crippen molar-refractivity contribution in [2.45, 2.75) is 40.7 Å². The molecule has 17 heavy (non-hydrogen) atoms. The van der Waals surface area contributed by atoms with E-state index in [1.165, 1.54) is 0 Å². The number of hydrogen-bond donors (Lipinski definition) is 1. The van der Waals surface area contributed by atoms with Crippen LogP contribution in [0.4, 0.5) is 0 Å². The fourth-order valence-corrected chi connectivity index (χ4v) is 4.13. The quantitative estimate of drug-likeness (QED) is 0.604. The van der Waals surface area contributed by atoms with E-state index in [0.29, 0.717) is 0 Å². The zero-order valence-electron chi connectivity index (χ0n) is 10.7. The van der Waals surface area contributed by atoms with Crippen LogP contribution in [0.25, 0.3) is 0 Å². The predicted molar refractivity (Wildman–Crippen MR) is 64.5 cm³/mol. The van der Waals surface area contributed by atoms with Crippen molar-refractivity contribution in [1.29, 1.82) is 0 Å². The molecule has 0 rings (SSSR count). The van der Waals surface area contributed by atoms with Crippen molar-refractivity contribution in [2.24, 2.45) is 11.3 Å². The van der Waals surface area contributed by atoms with Gasteiger partial charge in [-0.2, -0.15) is 16.8 Å². The van der Waals surface area contributed by atoms with E-state index in [1.54, 1.807) is 34.6 Å². The van der Waals surface area contributed by atoms with Gasteiger partial charge in [0, 0.05) is 0 Å². The molecule has 0 amide bonds. The van der Waals surface area contributed by atoms with Crippen LogP contribution in [0.15, 0.2) is 0 Å². The molecule has 0 bridgehead atoms. The van der Waals surface area contributed by atoms with E-state index < -0.39 is 36.8 Å². The van der Waals surface area contributed by atoms with Gasteiger partial charge in [0.05, 0.1) is 6.10 Å². The van der Waals surface area contributed by atoms with Crippen molar-refractivity contribution in [3.05, 3.63) is 0 Å². The molecule has 1 N–H and O–H groups in total. The van der Waals surface area contributed by atoms with Gasteiger partial charge in [-0.1, -0.05) is 34.6 Å². The topological polar surface area (TPSA) is 97.7 Å². The van der Waals surface area contributed by atoms with Crippen molar-refractivity contribution in [1.82, 2.24) is 0 Å². The minimum atomic E-state index is -4.61. The first-order chi connectivity index (χ1) is 7.25. The highest BCUT2D eigenvalue weighted by atomic mass is 32.3. The minimum Gasteiger partial charge on any atom is -0.285 e. The lowest BCUT2D eigenvalue weighted by molar-refractivity contribution is 0.0537. The Balaban J connectivity index is 5.04. The molecule has 0 saturated heterocycles. The second-order valence-electron chi connectivity index (χ2n) is 5.38. The molecule has 0 aromatic heterocycles. The first-order valence-corrected chi connectivity index (χ1v) is 8.29. The van der Waals surface area contributed by atoms with Crippen LogP contribution in [0, 0.1) is 11.3 Å². The summed E-state index contributed by atoms with van der Waals surface area (Å²) in [6.45, 7) is 8.93. The van der Waals surface area contributed by atoms with E-state index in [-0.39, 0.29) is 5.92 Å². The molecule has 6 nitrogen and oxygen atoms in total. The molecule has 0 aliphatic carbocycles. The Morgan fingerprint density at radius 2 is 1.53 bits per heavy atom. The Morgan fingerprint density at radius 1 is 1.12 bits per heavy atom. The maximum absolute atomic E-state index is 11.4. The van der Waals surface area contributed by atoms with Gasteiger partial charge in [0.1, 0.15) is 0 Å². The Bertz CT molecular complexity index is 440. The molecule has 104 valence electrons. The van der Waals surface area contributed by atoms with Crippen molar-refractivity contribution < 1.29 is 25.6 Å². The van der Waals surface area contributed by atoms with E-state index in [1.807, 2.05) is 0 Å². The maximum Gasteiger partial charge on any atom is 0.284 e. The summed E-state index contributed by atoms with van der Waals surface area (Å²) in [7, 11) is -8.92. The Labute approximate surface area is 103 Å². The largest absolute Gasteiger partial charge is 0.285 e. The predicted octanol–water partition coefficient (Wildman–Crippen LogP) is 1.25. The molecule has 0 spiro atoms. The molecule has 0 aromatic carbocycles. The monoisotopic (exact) mass is 288 g/mol. The summed E-state index contributed by atoms with van der Waals surface area (Å²) in [5.74, 6) is -0.105. The second kappa shape index (κ2) is 5.21. The summed E-state index contributed by atoms with van der Waals surface area (Å²) in [5.41, 5.74) is -0.458. The van der Waals surface area contributed by atoms with Gasteiger partial charge in [-0.3, -0.25) is 8.74 Å². The maximum atomic E-state index is 11.4. The normalized spacial score (nSPS) is 16.2. The summed E-state index contributed by atoms with van der Waals surface area (Å²) < 4.78 is 57.4. The molecule has 0 saturated carbocycles. The lowest BCUT2D eigenvalue weighted by Gasteiger charge is -2.32. The number of hydrogen-bond acceptors (Lipinski definition) is 5. The van der Waals surface area contributed by atoms with Crippen LogP contribution in [-0.2, 0) is 24.4 Å². The third kappa shape index (κ3) is 6.97. The minimum absolute atomic E-state index is 0.105. The summed E-state index contributed by atoms with van der Waals surface area (Å²) in [6.07, 6.45) is -0.658. The van der Waals surface area contributed by atoms with E-state index in [4.69, 9.17) is 8.74 Å². The molecular formula is C9H20O6S2. The smallest absolute Gasteiger partial charge is 0.284 e. The van der Waals surface area contributed by atoms with Crippen LogP contribution in [0.3, 0.4) is 0 Å². The van der Waals surface area contributed by atoms with Crippen molar-refractivity contribution in [3.8, 4) is 0 Å². The van der Waals surface area contributed by atoms with Gasteiger partial charge >= 0.3 is 0 Å². The van der Waals surface area contributed by atoms with Gasteiger partial charge in [-0.15, -0.1) is 0 Å². The molecule has 8 heteroatoms. The van der Waals surface area contributed by atoms with Gasteiger partial charge in [-0.25, -0.2) is 0 Å². The fraction of sp³-hybridized carbons (Fsp3) is 1.00. The van der Waals surface area contributed by atoms with Crippen molar-refractivity contribution >= 4 is 20.2 Å². The third-order valence-electron chi connectivity index (χ3n) is 2.00. The lowest BCUT2D eigenvalue weighted by atomic mass is 9.83. The zero-order valence-corrected chi connectivity index (χ0v) is 12.3. The number of rotatable bonds is 5. The van der Waals surface area contributed by atoms with Crippen LogP contribution >= 0.6 is 0 Å². The Kier molecular flexibility index (Phi) is 5.16. The standard InChI is InChI=1S/C9H20O6S2/c1-7(2)8(9(3,4)5)15-17(13,14)6-16(10,11)12/h7-8H,6H2,1-5H3,(H,10,11,12). The first-order valence-electron chi connectivity index (χ1n) is 5.11. The van der Waals surface area contributed by atoms with Gasteiger partial charge < -0.3 is 0 Å². The van der Waals surface area contributed by atoms with E-state index in [9.17, 15) is 16.8 Å². The molecule has 0 aromatic rings. The second-order valence-corrected chi connectivity index (χ2v) is 8.80. The molecule has 0 radical (unpaired) electrons. The summed E-state index contributed by atoms with van der Waals surface area (Å²) >= 11 is 0. The van der Waals surface area contributed by atoms with Gasteiger partial charge in [0.2, 0.25) is 5.08 Å². The molecule has 1 atom stereocenters. The molecule has 0 aliphatic heterocycles. The fourth-order valence-electron chi connectivity index (χ4n) is 1.62. The average molecular weight is 288 g/mol. The average Bonchev–Trinajstić information content (AvgIpc) is 1.92. The molecule has 0 aliphatic rings. The third-order valence-corrected chi connectivity index (χ3v) is 4.85. The van der Waals surface area contributed by atoms with Crippen LogP contribution in [-0.4, -0.2) is 32.6 Å². The van der Waals surface area contributed by atoms with Crippen LogP contribution in [0.1, 0.15) is 34.6 Å². The highest BCUT2D eigenvalue weighted by Gasteiger charge is 2.34. The highest BCUT2D eigenvalue weighted by Crippen LogP contribution is 2.29. The van der Waals surface area contributed by atoms with Gasteiger partial charge in [-0.05, 0) is 11.3 Å². The van der Waals surface area contributed by atoms with Crippen molar-refractivity contribution in [3.63, 3.8) is 0 Å². The molecular weight excluding hydrogens is 268 g/mol.